The van der Waals surface area contributed by atoms with Gasteiger partial charge in [0.1, 0.15) is 5.75 Å². The SMILES string of the molecule is COc1cccc(COS(C)(=O)=O)c1. The Morgan fingerprint density at radius 2 is 2.07 bits per heavy atom. The van der Waals surface area contributed by atoms with Crippen molar-refractivity contribution in [3.8, 4) is 5.75 Å². The van der Waals surface area contributed by atoms with Crippen molar-refractivity contribution in [1.82, 2.24) is 0 Å². The maximum Gasteiger partial charge on any atom is 0.264 e. The Kier molecular flexibility index (Phi) is 3.49. The van der Waals surface area contributed by atoms with Gasteiger partial charge in [0.15, 0.2) is 0 Å². The van der Waals surface area contributed by atoms with Gasteiger partial charge in [-0.2, -0.15) is 8.42 Å². The zero-order valence-electron chi connectivity index (χ0n) is 8.06. The van der Waals surface area contributed by atoms with E-state index in [4.69, 9.17) is 4.74 Å². The van der Waals surface area contributed by atoms with Crippen molar-refractivity contribution in [2.45, 2.75) is 6.61 Å². The topological polar surface area (TPSA) is 52.6 Å². The number of methoxy groups -OCH3 is 1. The fourth-order valence-corrected chi connectivity index (χ4v) is 1.29. The molecule has 0 aliphatic heterocycles. The molecular formula is C9H12O4S. The molecule has 0 heterocycles. The average molecular weight is 216 g/mol. The Hall–Kier alpha value is -1.07. The molecule has 0 aromatic heterocycles. The number of hydrogen-bond donors (Lipinski definition) is 0. The van der Waals surface area contributed by atoms with Crippen LogP contribution in [-0.4, -0.2) is 21.8 Å². The molecule has 1 rings (SSSR count). The fraction of sp³-hybridized carbons (Fsp3) is 0.333. The zero-order valence-corrected chi connectivity index (χ0v) is 8.87. The quantitative estimate of drug-likeness (QED) is 0.709. The zero-order chi connectivity index (χ0) is 10.6. The lowest BCUT2D eigenvalue weighted by molar-refractivity contribution is 0.310. The van der Waals surface area contributed by atoms with Crippen molar-refractivity contribution >= 4 is 10.1 Å². The minimum atomic E-state index is -3.38. The van der Waals surface area contributed by atoms with Gasteiger partial charge in [0.05, 0.1) is 20.0 Å². The van der Waals surface area contributed by atoms with Crippen molar-refractivity contribution in [1.29, 1.82) is 0 Å². The van der Waals surface area contributed by atoms with E-state index in [9.17, 15) is 8.42 Å². The first kappa shape index (κ1) is 11.0. The molecule has 0 aliphatic carbocycles. The molecule has 0 atom stereocenters. The second-order valence-electron chi connectivity index (χ2n) is 2.82. The summed E-state index contributed by atoms with van der Waals surface area (Å²) >= 11 is 0. The molecule has 14 heavy (non-hydrogen) atoms. The van der Waals surface area contributed by atoms with E-state index in [0.717, 1.165) is 11.8 Å². The third kappa shape index (κ3) is 3.76. The summed E-state index contributed by atoms with van der Waals surface area (Å²) in [5.74, 6) is 0.680. The highest BCUT2D eigenvalue weighted by Crippen LogP contribution is 2.13. The maximum atomic E-state index is 10.7. The molecule has 0 unspecified atom stereocenters. The van der Waals surface area contributed by atoms with E-state index in [1.807, 2.05) is 0 Å². The van der Waals surface area contributed by atoms with Gasteiger partial charge in [-0.1, -0.05) is 12.1 Å². The van der Waals surface area contributed by atoms with Crippen molar-refractivity contribution in [2.24, 2.45) is 0 Å². The largest absolute Gasteiger partial charge is 0.497 e. The lowest BCUT2D eigenvalue weighted by Gasteiger charge is -2.03. The van der Waals surface area contributed by atoms with E-state index in [2.05, 4.69) is 4.18 Å². The lowest BCUT2D eigenvalue weighted by atomic mass is 10.2. The van der Waals surface area contributed by atoms with Crippen LogP contribution in [-0.2, 0) is 20.9 Å². The van der Waals surface area contributed by atoms with Crippen molar-refractivity contribution in [2.75, 3.05) is 13.4 Å². The minimum Gasteiger partial charge on any atom is -0.497 e. The Morgan fingerprint density at radius 3 is 2.64 bits per heavy atom. The smallest absolute Gasteiger partial charge is 0.264 e. The second-order valence-corrected chi connectivity index (χ2v) is 4.46. The summed E-state index contributed by atoms with van der Waals surface area (Å²) in [5, 5.41) is 0. The molecule has 0 bridgehead atoms. The van der Waals surface area contributed by atoms with Crippen LogP contribution < -0.4 is 4.74 Å². The molecule has 0 N–H and O–H groups in total. The highest BCUT2D eigenvalue weighted by Gasteiger charge is 2.02. The molecule has 1 aromatic carbocycles. The van der Waals surface area contributed by atoms with Crippen LogP contribution in [0, 0.1) is 0 Å². The third-order valence-electron chi connectivity index (χ3n) is 1.57. The summed E-state index contributed by atoms with van der Waals surface area (Å²) < 4.78 is 31.0. The fourth-order valence-electron chi connectivity index (χ4n) is 0.937. The van der Waals surface area contributed by atoms with E-state index < -0.39 is 10.1 Å². The lowest BCUT2D eigenvalue weighted by Crippen LogP contribution is -2.02. The summed E-state index contributed by atoms with van der Waals surface area (Å²) in [5.41, 5.74) is 0.759. The molecule has 0 spiro atoms. The summed E-state index contributed by atoms with van der Waals surface area (Å²) in [6.07, 6.45) is 1.02. The Balaban J connectivity index is 2.68. The first-order valence-corrected chi connectivity index (χ1v) is 5.80. The standard InChI is InChI=1S/C9H12O4S/c1-12-9-5-3-4-8(6-9)7-13-14(2,10)11/h3-6H,7H2,1-2H3. The average Bonchev–Trinajstić information content (AvgIpc) is 2.14. The molecule has 78 valence electrons. The number of benzene rings is 1. The molecule has 1 aromatic rings. The molecule has 0 saturated carbocycles. The van der Waals surface area contributed by atoms with Crippen molar-refractivity contribution < 1.29 is 17.3 Å². The highest BCUT2D eigenvalue weighted by atomic mass is 32.2. The van der Waals surface area contributed by atoms with Gasteiger partial charge in [-0.05, 0) is 17.7 Å². The molecular weight excluding hydrogens is 204 g/mol. The van der Waals surface area contributed by atoms with Gasteiger partial charge in [-0.25, -0.2) is 0 Å². The normalized spacial score (nSPS) is 11.3. The maximum absolute atomic E-state index is 10.7. The van der Waals surface area contributed by atoms with Gasteiger partial charge in [0.2, 0.25) is 0 Å². The van der Waals surface area contributed by atoms with Gasteiger partial charge in [0, 0.05) is 0 Å². The number of rotatable bonds is 4. The summed E-state index contributed by atoms with van der Waals surface area (Å²) in [4.78, 5) is 0. The second kappa shape index (κ2) is 4.43. The van der Waals surface area contributed by atoms with Crippen molar-refractivity contribution in [3.63, 3.8) is 0 Å². The van der Waals surface area contributed by atoms with Crippen LogP contribution in [0.15, 0.2) is 24.3 Å². The van der Waals surface area contributed by atoms with E-state index in [1.54, 1.807) is 31.4 Å². The molecule has 0 radical (unpaired) electrons. The van der Waals surface area contributed by atoms with Gasteiger partial charge < -0.3 is 4.74 Å². The minimum absolute atomic E-state index is 0.0377. The van der Waals surface area contributed by atoms with E-state index in [-0.39, 0.29) is 6.61 Å². The first-order chi connectivity index (χ1) is 6.51. The van der Waals surface area contributed by atoms with Crippen LogP contribution in [0.25, 0.3) is 0 Å². The van der Waals surface area contributed by atoms with Crippen LogP contribution in [0.4, 0.5) is 0 Å². The molecule has 5 heteroatoms. The Labute approximate surface area is 83.6 Å². The van der Waals surface area contributed by atoms with Crippen molar-refractivity contribution in [3.05, 3.63) is 29.8 Å². The Bertz CT molecular complexity index is 397. The summed E-state index contributed by atoms with van der Waals surface area (Å²) in [6, 6.07) is 7.06. The van der Waals surface area contributed by atoms with Crippen LogP contribution in [0.5, 0.6) is 5.75 Å². The predicted octanol–water partition coefficient (Wildman–Crippen LogP) is 1.17. The molecule has 0 fully saturated rings. The van der Waals surface area contributed by atoms with Gasteiger partial charge in [-0.3, -0.25) is 4.18 Å². The first-order valence-electron chi connectivity index (χ1n) is 3.98. The van der Waals surface area contributed by atoms with E-state index in [1.165, 1.54) is 0 Å². The highest BCUT2D eigenvalue weighted by molar-refractivity contribution is 7.85. The van der Waals surface area contributed by atoms with Gasteiger partial charge >= 0.3 is 0 Å². The third-order valence-corrected chi connectivity index (χ3v) is 2.12. The summed E-state index contributed by atoms with van der Waals surface area (Å²) in [6.45, 7) is 0.0377. The predicted molar refractivity (Wildman–Crippen MR) is 52.6 cm³/mol. The number of ether oxygens (including phenoxy) is 1. The molecule has 0 aliphatic rings. The van der Waals surface area contributed by atoms with Crippen LogP contribution in [0.1, 0.15) is 5.56 Å². The van der Waals surface area contributed by atoms with Gasteiger partial charge in [0.25, 0.3) is 10.1 Å². The van der Waals surface area contributed by atoms with Crippen LogP contribution >= 0.6 is 0 Å². The monoisotopic (exact) mass is 216 g/mol. The van der Waals surface area contributed by atoms with Crippen LogP contribution in [0.3, 0.4) is 0 Å². The van der Waals surface area contributed by atoms with E-state index >= 15 is 0 Å². The van der Waals surface area contributed by atoms with Crippen LogP contribution in [0.2, 0.25) is 0 Å². The molecule has 4 nitrogen and oxygen atoms in total. The number of hydrogen-bond acceptors (Lipinski definition) is 4. The summed E-state index contributed by atoms with van der Waals surface area (Å²) in [7, 11) is -1.83. The molecule has 0 saturated heterocycles. The molecule has 0 amide bonds. The van der Waals surface area contributed by atoms with Gasteiger partial charge in [-0.15, -0.1) is 0 Å². The Morgan fingerprint density at radius 1 is 1.36 bits per heavy atom. The van der Waals surface area contributed by atoms with E-state index in [0.29, 0.717) is 5.75 Å².